The minimum absolute atomic E-state index is 0.0923. The van der Waals surface area contributed by atoms with E-state index in [9.17, 15) is 14.7 Å². The number of likely N-dealkylation sites (tertiary alicyclic amines) is 2. The number of aliphatic hydroxyl groups excluding tert-OH is 1. The fraction of sp³-hybridized carbons (Fsp3) is 0.913. The summed E-state index contributed by atoms with van der Waals surface area (Å²) in [6.45, 7) is 10.7. The van der Waals surface area contributed by atoms with Crippen LogP contribution in [0.2, 0.25) is 0 Å². The van der Waals surface area contributed by atoms with Crippen molar-refractivity contribution >= 4 is 11.9 Å². The van der Waals surface area contributed by atoms with Gasteiger partial charge in [-0.1, -0.05) is 0 Å². The first-order valence-electron chi connectivity index (χ1n) is 11.9. The van der Waals surface area contributed by atoms with Gasteiger partial charge in [-0.15, -0.1) is 0 Å². The maximum absolute atomic E-state index is 13.7. The number of esters is 2. The van der Waals surface area contributed by atoms with E-state index in [4.69, 9.17) is 14.2 Å². The molecule has 1 atom stereocenters. The molecule has 2 saturated heterocycles. The van der Waals surface area contributed by atoms with Crippen molar-refractivity contribution in [3.63, 3.8) is 0 Å². The molecule has 2 heterocycles. The van der Waals surface area contributed by atoms with Crippen molar-refractivity contribution in [1.82, 2.24) is 9.80 Å². The summed E-state index contributed by atoms with van der Waals surface area (Å²) in [7, 11) is 0. The van der Waals surface area contributed by atoms with Crippen molar-refractivity contribution in [3.8, 4) is 0 Å². The summed E-state index contributed by atoms with van der Waals surface area (Å²) in [6, 6.07) is 0. The molecule has 0 aromatic heterocycles. The Morgan fingerprint density at radius 2 is 1.61 bits per heavy atom. The Labute approximate surface area is 186 Å². The highest BCUT2D eigenvalue weighted by atomic mass is 16.6. The molecule has 1 aliphatic carbocycles. The van der Waals surface area contributed by atoms with Gasteiger partial charge in [0.15, 0.2) is 0 Å². The highest BCUT2D eigenvalue weighted by Gasteiger charge is 2.58. The normalized spacial score (nSPS) is 28.0. The molecule has 3 aliphatic rings. The van der Waals surface area contributed by atoms with Crippen LogP contribution in [0.1, 0.15) is 66.2 Å². The van der Waals surface area contributed by atoms with Crippen LogP contribution < -0.4 is 0 Å². The molecule has 3 rings (SSSR count). The van der Waals surface area contributed by atoms with Gasteiger partial charge in [-0.25, -0.2) is 4.79 Å². The maximum atomic E-state index is 13.7. The number of nitrogens with zero attached hydrogens (tertiary/aromatic N) is 2. The molecule has 0 spiro atoms. The third kappa shape index (κ3) is 5.59. The molecule has 0 amide bonds. The average molecular weight is 441 g/mol. The van der Waals surface area contributed by atoms with E-state index >= 15 is 0 Å². The topological polar surface area (TPSA) is 88.5 Å². The molecule has 3 fully saturated rings. The molecule has 2 aliphatic heterocycles. The van der Waals surface area contributed by atoms with Gasteiger partial charge in [0.05, 0.1) is 18.6 Å². The van der Waals surface area contributed by atoms with Gasteiger partial charge in [0.25, 0.3) is 5.85 Å². The molecule has 1 unspecified atom stereocenters. The molecule has 8 nitrogen and oxygen atoms in total. The third-order valence-corrected chi connectivity index (χ3v) is 6.47. The lowest BCUT2D eigenvalue weighted by molar-refractivity contribution is -0.295. The van der Waals surface area contributed by atoms with Crippen LogP contribution in [0.3, 0.4) is 0 Å². The van der Waals surface area contributed by atoms with E-state index < -0.39 is 11.4 Å². The van der Waals surface area contributed by atoms with E-state index in [2.05, 4.69) is 4.90 Å². The van der Waals surface area contributed by atoms with Crippen molar-refractivity contribution in [2.75, 3.05) is 39.4 Å². The molecule has 0 radical (unpaired) electrons. The number of rotatable bonds is 8. The fourth-order valence-corrected chi connectivity index (χ4v) is 4.86. The van der Waals surface area contributed by atoms with Crippen molar-refractivity contribution < 1.29 is 28.9 Å². The quantitative estimate of drug-likeness (QED) is 0.575. The van der Waals surface area contributed by atoms with Gasteiger partial charge in [-0.05, 0) is 66.2 Å². The van der Waals surface area contributed by atoms with Gasteiger partial charge in [0, 0.05) is 38.7 Å². The van der Waals surface area contributed by atoms with Gasteiger partial charge in [0.1, 0.15) is 5.60 Å². The third-order valence-electron chi connectivity index (χ3n) is 6.47. The van der Waals surface area contributed by atoms with Gasteiger partial charge < -0.3 is 19.3 Å². The first kappa shape index (κ1) is 24.4. The molecule has 1 saturated carbocycles. The Kier molecular flexibility index (Phi) is 8.00. The van der Waals surface area contributed by atoms with Crippen LogP contribution in [0, 0.1) is 11.8 Å². The second-order valence-electron chi connectivity index (χ2n) is 10.1. The summed E-state index contributed by atoms with van der Waals surface area (Å²) < 4.78 is 17.8. The zero-order valence-corrected chi connectivity index (χ0v) is 19.6. The van der Waals surface area contributed by atoms with E-state index in [1.54, 1.807) is 0 Å². The molecule has 1 N–H and O–H groups in total. The molecular weight excluding hydrogens is 400 g/mol. The number of carbonyl (C=O) groups excluding carboxylic acids is 2. The Morgan fingerprint density at radius 1 is 1.00 bits per heavy atom. The number of hydrogen-bond acceptors (Lipinski definition) is 8. The first-order chi connectivity index (χ1) is 14.7. The van der Waals surface area contributed by atoms with Crippen LogP contribution in [0.5, 0.6) is 0 Å². The van der Waals surface area contributed by atoms with Crippen molar-refractivity contribution in [3.05, 3.63) is 0 Å². The van der Waals surface area contributed by atoms with E-state index in [0.29, 0.717) is 45.4 Å². The van der Waals surface area contributed by atoms with Crippen LogP contribution in [0.15, 0.2) is 0 Å². The standard InChI is InChI=1S/C23H40N2O6/c1-5-29-20(27)18-8-10-19(11-9-18)30-23(24-12-6-7-13-24,21(28)31-22(2,3)4)25-14-17(15-25)16-26/h17-19,26H,5-16H2,1-4H3/t18-,19-,23?. The summed E-state index contributed by atoms with van der Waals surface area (Å²) in [6.07, 6.45) is 4.71. The lowest BCUT2D eigenvalue weighted by atomic mass is 9.87. The summed E-state index contributed by atoms with van der Waals surface area (Å²) in [5.74, 6) is -1.72. The average Bonchev–Trinajstić information content (AvgIpc) is 3.20. The minimum atomic E-state index is -1.27. The number of ether oxygens (including phenoxy) is 3. The Balaban J connectivity index is 1.79. The fourth-order valence-electron chi connectivity index (χ4n) is 4.86. The van der Waals surface area contributed by atoms with Crippen molar-refractivity contribution in [2.24, 2.45) is 11.8 Å². The molecule has 0 aromatic rings. The zero-order valence-electron chi connectivity index (χ0n) is 19.6. The lowest BCUT2D eigenvalue weighted by Crippen LogP contribution is -2.73. The van der Waals surface area contributed by atoms with Crippen molar-refractivity contribution in [1.29, 1.82) is 0 Å². The van der Waals surface area contributed by atoms with Crippen LogP contribution in [-0.4, -0.2) is 83.8 Å². The molecule has 0 aromatic carbocycles. The SMILES string of the molecule is CCOC(=O)[C@H]1CC[C@H](OC(C(=O)OC(C)(C)C)(N2CCCC2)N2CC(CO)C2)CC1. The number of carbonyl (C=O) groups is 2. The molecule has 0 bridgehead atoms. The highest BCUT2D eigenvalue weighted by Crippen LogP contribution is 2.39. The monoisotopic (exact) mass is 440 g/mol. The van der Waals surface area contributed by atoms with E-state index in [1.807, 2.05) is 32.6 Å². The number of hydrogen-bond donors (Lipinski definition) is 1. The molecule has 8 heteroatoms. The van der Waals surface area contributed by atoms with E-state index in [-0.39, 0.29) is 36.5 Å². The van der Waals surface area contributed by atoms with Gasteiger partial charge in [-0.3, -0.25) is 14.6 Å². The Bertz CT molecular complexity index is 616. The van der Waals surface area contributed by atoms with E-state index in [1.165, 1.54) is 0 Å². The van der Waals surface area contributed by atoms with Gasteiger partial charge in [-0.2, -0.15) is 0 Å². The lowest BCUT2D eigenvalue weighted by Gasteiger charge is -2.54. The predicted molar refractivity (Wildman–Crippen MR) is 115 cm³/mol. The molecular formula is C23H40N2O6. The van der Waals surface area contributed by atoms with Crippen LogP contribution in [0.25, 0.3) is 0 Å². The largest absolute Gasteiger partial charge is 0.466 e. The summed E-state index contributed by atoms with van der Waals surface area (Å²) in [4.78, 5) is 29.9. The van der Waals surface area contributed by atoms with Crippen LogP contribution in [0.4, 0.5) is 0 Å². The second kappa shape index (κ2) is 10.1. The minimum Gasteiger partial charge on any atom is -0.466 e. The van der Waals surface area contributed by atoms with Gasteiger partial charge >= 0.3 is 11.9 Å². The summed E-state index contributed by atoms with van der Waals surface area (Å²) in [5.41, 5.74) is -0.631. The molecule has 31 heavy (non-hydrogen) atoms. The van der Waals surface area contributed by atoms with Crippen molar-refractivity contribution in [2.45, 2.75) is 83.8 Å². The summed E-state index contributed by atoms with van der Waals surface area (Å²) in [5, 5.41) is 9.57. The molecule has 178 valence electrons. The van der Waals surface area contributed by atoms with E-state index in [0.717, 1.165) is 25.9 Å². The first-order valence-corrected chi connectivity index (χ1v) is 11.9. The highest BCUT2D eigenvalue weighted by molar-refractivity contribution is 5.79. The smallest absolute Gasteiger partial charge is 0.371 e. The Morgan fingerprint density at radius 3 is 2.13 bits per heavy atom. The zero-order chi connectivity index (χ0) is 22.6. The maximum Gasteiger partial charge on any atom is 0.371 e. The van der Waals surface area contributed by atoms with Crippen LogP contribution in [-0.2, 0) is 23.8 Å². The second-order valence-corrected chi connectivity index (χ2v) is 10.1. The predicted octanol–water partition coefficient (Wildman–Crippen LogP) is 2.14. The summed E-state index contributed by atoms with van der Waals surface area (Å²) >= 11 is 0. The number of aliphatic hydroxyl groups is 1. The Hall–Kier alpha value is -1.22. The van der Waals surface area contributed by atoms with Gasteiger partial charge in [0.2, 0.25) is 0 Å². The van der Waals surface area contributed by atoms with Crippen LogP contribution >= 0.6 is 0 Å².